The van der Waals surface area contributed by atoms with Crippen LogP contribution in [0, 0.1) is 11.3 Å². The Kier molecular flexibility index (Phi) is 5.03. The maximum absolute atomic E-state index is 12.1. The maximum atomic E-state index is 12.1. The van der Waals surface area contributed by atoms with Crippen LogP contribution in [0.15, 0.2) is 27.1 Å². The van der Waals surface area contributed by atoms with E-state index >= 15 is 0 Å². The van der Waals surface area contributed by atoms with E-state index in [9.17, 15) is 14.9 Å². The molecule has 0 bridgehead atoms. The first-order chi connectivity index (χ1) is 10.9. The zero-order valence-corrected chi connectivity index (χ0v) is 14.3. The number of likely N-dealkylation sites (N-methyl/N-ethyl adjacent to an activating group) is 1. The molecule has 0 amide bonds. The predicted octanol–water partition coefficient (Wildman–Crippen LogP) is 0.732. The molecule has 7 nitrogen and oxygen atoms in total. The molecule has 2 heterocycles. The van der Waals surface area contributed by atoms with Gasteiger partial charge in [0.05, 0.1) is 6.04 Å². The van der Waals surface area contributed by atoms with E-state index in [1.165, 1.54) is 11.6 Å². The molecule has 0 saturated heterocycles. The predicted molar refractivity (Wildman–Crippen MR) is 90.9 cm³/mol. The monoisotopic (exact) mass is 333 g/mol. The minimum Gasteiger partial charge on any atom is -0.368 e. The van der Waals surface area contributed by atoms with E-state index in [2.05, 4.69) is 5.32 Å². The van der Waals surface area contributed by atoms with Crippen LogP contribution in [0.3, 0.4) is 0 Å². The molecular formula is C15H19N5O2S. The van der Waals surface area contributed by atoms with Crippen molar-refractivity contribution in [2.24, 2.45) is 14.1 Å². The van der Waals surface area contributed by atoms with Crippen molar-refractivity contribution < 1.29 is 0 Å². The third kappa shape index (κ3) is 3.21. The molecule has 2 rings (SSSR count). The Bertz CT molecular complexity index is 842. The summed E-state index contributed by atoms with van der Waals surface area (Å²) in [6, 6.07) is 5.97. The van der Waals surface area contributed by atoms with E-state index in [-0.39, 0.29) is 17.4 Å². The number of hydrogen-bond acceptors (Lipinski definition) is 6. The van der Waals surface area contributed by atoms with Gasteiger partial charge < -0.3 is 10.2 Å². The average Bonchev–Trinajstić information content (AvgIpc) is 3.04. The van der Waals surface area contributed by atoms with Gasteiger partial charge in [0.15, 0.2) is 5.56 Å². The molecule has 0 aromatic carbocycles. The van der Waals surface area contributed by atoms with Crippen molar-refractivity contribution in [3.63, 3.8) is 0 Å². The first-order valence-electron chi connectivity index (χ1n) is 7.02. The second-order valence-electron chi connectivity index (χ2n) is 5.42. The van der Waals surface area contributed by atoms with Gasteiger partial charge in [-0.2, -0.15) is 5.26 Å². The van der Waals surface area contributed by atoms with Crippen molar-refractivity contribution in [3.8, 4) is 6.07 Å². The number of hydrogen-bond donors (Lipinski definition) is 1. The summed E-state index contributed by atoms with van der Waals surface area (Å²) in [4.78, 5) is 27.3. The van der Waals surface area contributed by atoms with Crippen molar-refractivity contribution in [1.29, 1.82) is 5.26 Å². The molecule has 0 radical (unpaired) electrons. The average molecular weight is 333 g/mol. The van der Waals surface area contributed by atoms with Gasteiger partial charge in [-0.25, -0.2) is 4.79 Å². The summed E-state index contributed by atoms with van der Waals surface area (Å²) >= 11 is 1.64. The van der Waals surface area contributed by atoms with Crippen molar-refractivity contribution in [2.75, 3.05) is 26.0 Å². The van der Waals surface area contributed by atoms with E-state index in [4.69, 9.17) is 0 Å². The van der Waals surface area contributed by atoms with Gasteiger partial charge in [0, 0.05) is 25.5 Å². The normalized spacial score (nSPS) is 12.2. The van der Waals surface area contributed by atoms with Crippen LogP contribution in [-0.2, 0) is 14.1 Å². The van der Waals surface area contributed by atoms with Crippen molar-refractivity contribution >= 4 is 17.2 Å². The summed E-state index contributed by atoms with van der Waals surface area (Å²) in [5.41, 5.74) is -1.11. The van der Waals surface area contributed by atoms with Crippen LogP contribution in [-0.4, -0.2) is 34.7 Å². The number of nitrogens with zero attached hydrogens (tertiary/aromatic N) is 4. The SMILES string of the molecule is CN(C)C(CNc1c(C#N)c(=O)n(C)c(=O)n1C)c1cccs1. The Morgan fingerprint density at radius 3 is 2.57 bits per heavy atom. The zero-order chi connectivity index (χ0) is 17.1. The fourth-order valence-electron chi connectivity index (χ4n) is 2.36. The van der Waals surface area contributed by atoms with Crippen LogP contribution >= 0.6 is 11.3 Å². The molecule has 1 N–H and O–H groups in total. The van der Waals surface area contributed by atoms with Crippen LogP contribution in [0.4, 0.5) is 5.82 Å². The van der Waals surface area contributed by atoms with Crippen molar-refractivity contribution in [2.45, 2.75) is 6.04 Å². The standard InChI is InChI=1S/C15H19N5O2S/c1-18(2)11(12-6-5-7-23-12)9-17-13-10(8-16)14(21)20(4)15(22)19(13)3/h5-7,11,17H,9H2,1-4H3. The summed E-state index contributed by atoms with van der Waals surface area (Å²) < 4.78 is 2.23. The molecular weight excluding hydrogens is 314 g/mol. The smallest absolute Gasteiger partial charge is 0.332 e. The Balaban J connectivity index is 2.39. The number of rotatable bonds is 5. The fourth-order valence-corrected chi connectivity index (χ4v) is 3.29. The number of nitrogens with one attached hydrogen (secondary N) is 1. The lowest BCUT2D eigenvalue weighted by Gasteiger charge is -2.25. The van der Waals surface area contributed by atoms with Gasteiger partial charge in [-0.3, -0.25) is 13.9 Å². The van der Waals surface area contributed by atoms with Crippen LogP contribution in [0.5, 0.6) is 0 Å². The zero-order valence-electron chi connectivity index (χ0n) is 13.5. The van der Waals surface area contributed by atoms with Crippen LogP contribution in [0.1, 0.15) is 16.5 Å². The summed E-state index contributed by atoms with van der Waals surface area (Å²) in [5, 5.41) is 14.4. The minimum atomic E-state index is -0.587. The Labute approximate surface area is 138 Å². The molecule has 2 aromatic rings. The summed E-state index contributed by atoms with van der Waals surface area (Å²) in [5.74, 6) is 0.254. The van der Waals surface area contributed by atoms with Crippen LogP contribution in [0.2, 0.25) is 0 Å². The van der Waals surface area contributed by atoms with E-state index in [0.717, 1.165) is 9.44 Å². The third-order valence-electron chi connectivity index (χ3n) is 3.73. The molecule has 2 aromatic heterocycles. The highest BCUT2D eigenvalue weighted by molar-refractivity contribution is 7.10. The molecule has 23 heavy (non-hydrogen) atoms. The summed E-state index contributed by atoms with van der Waals surface area (Å²) in [6.45, 7) is 0.475. The lowest BCUT2D eigenvalue weighted by Crippen LogP contribution is -2.40. The molecule has 0 aliphatic heterocycles. The molecule has 0 spiro atoms. The maximum Gasteiger partial charge on any atom is 0.332 e. The van der Waals surface area contributed by atoms with Gasteiger partial charge in [0.25, 0.3) is 5.56 Å². The largest absolute Gasteiger partial charge is 0.368 e. The van der Waals surface area contributed by atoms with Gasteiger partial charge in [-0.15, -0.1) is 11.3 Å². The highest BCUT2D eigenvalue weighted by Gasteiger charge is 2.19. The lowest BCUT2D eigenvalue weighted by molar-refractivity contribution is 0.315. The van der Waals surface area contributed by atoms with Crippen molar-refractivity contribution in [3.05, 3.63) is 48.8 Å². The Hall–Kier alpha value is -2.37. The van der Waals surface area contributed by atoms with E-state index in [1.807, 2.05) is 42.6 Å². The second kappa shape index (κ2) is 6.81. The molecule has 0 aliphatic carbocycles. The minimum absolute atomic E-state index is 0.0571. The number of anilines is 1. The van der Waals surface area contributed by atoms with Crippen LogP contribution < -0.4 is 16.6 Å². The van der Waals surface area contributed by atoms with E-state index < -0.39 is 11.2 Å². The van der Waals surface area contributed by atoms with Crippen LogP contribution in [0.25, 0.3) is 0 Å². The topological polar surface area (TPSA) is 83.1 Å². The first-order valence-corrected chi connectivity index (χ1v) is 7.90. The molecule has 8 heteroatoms. The molecule has 1 atom stereocenters. The number of nitriles is 1. The number of aromatic nitrogens is 2. The van der Waals surface area contributed by atoms with Gasteiger partial charge in [-0.05, 0) is 25.5 Å². The quantitative estimate of drug-likeness (QED) is 0.872. The second-order valence-corrected chi connectivity index (χ2v) is 6.40. The molecule has 0 saturated carbocycles. The van der Waals surface area contributed by atoms with Gasteiger partial charge in [0.2, 0.25) is 0 Å². The van der Waals surface area contributed by atoms with Gasteiger partial charge in [-0.1, -0.05) is 6.07 Å². The summed E-state index contributed by atoms with van der Waals surface area (Å²) in [7, 11) is 6.82. The highest BCUT2D eigenvalue weighted by atomic mass is 32.1. The number of thiophene rings is 1. The molecule has 0 fully saturated rings. The van der Waals surface area contributed by atoms with Crippen molar-refractivity contribution in [1.82, 2.24) is 14.0 Å². The Morgan fingerprint density at radius 1 is 1.35 bits per heavy atom. The fraction of sp³-hybridized carbons (Fsp3) is 0.400. The lowest BCUT2D eigenvalue weighted by atomic mass is 10.2. The van der Waals surface area contributed by atoms with Gasteiger partial charge >= 0.3 is 5.69 Å². The molecule has 122 valence electrons. The van der Waals surface area contributed by atoms with E-state index in [0.29, 0.717) is 6.54 Å². The summed E-state index contributed by atoms with van der Waals surface area (Å²) in [6.07, 6.45) is 0. The van der Waals surface area contributed by atoms with E-state index in [1.54, 1.807) is 18.4 Å². The van der Waals surface area contributed by atoms with Gasteiger partial charge in [0.1, 0.15) is 11.9 Å². The third-order valence-corrected chi connectivity index (χ3v) is 4.71. The first kappa shape index (κ1) is 17.0. The molecule has 0 aliphatic rings. The molecule has 1 unspecified atom stereocenters. The highest BCUT2D eigenvalue weighted by Crippen LogP contribution is 2.23. The Morgan fingerprint density at radius 2 is 2.04 bits per heavy atom.